The van der Waals surface area contributed by atoms with E-state index in [1.54, 1.807) is 0 Å². The van der Waals surface area contributed by atoms with E-state index in [2.05, 4.69) is 55.7 Å². The highest BCUT2D eigenvalue weighted by molar-refractivity contribution is 6.07. The number of benzene rings is 1. The summed E-state index contributed by atoms with van der Waals surface area (Å²) in [5.41, 5.74) is 1.16. The molecule has 1 aromatic carbocycles. The van der Waals surface area contributed by atoms with Gasteiger partial charge in [0.25, 0.3) is 5.91 Å². The van der Waals surface area contributed by atoms with E-state index in [1.807, 2.05) is 4.90 Å². The van der Waals surface area contributed by atoms with Crippen LogP contribution in [-0.4, -0.2) is 41.4 Å². The molecule has 0 radical (unpaired) electrons. The summed E-state index contributed by atoms with van der Waals surface area (Å²) in [6.45, 7) is 7.57. The molecule has 2 saturated heterocycles. The Kier molecular flexibility index (Phi) is 4.71. The van der Waals surface area contributed by atoms with Crippen LogP contribution >= 0.6 is 0 Å². The van der Waals surface area contributed by atoms with Gasteiger partial charge in [0.05, 0.1) is 5.41 Å². The van der Waals surface area contributed by atoms with Gasteiger partial charge in [-0.2, -0.15) is 0 Å². The number of likely N-dealkylation sites (tertiary alicyclic amines) is 1. The van der Waals surface area contributed by atoms with E-state index in [1.165, 1.54) is 5.56 Å². The minimum absolute atomic E-state index is 0.0822. The van der Waals surface area contributed by atoms with Gasteiger partial charge in [-0.1, -0.05) is 57.9 Å². The number of imide groups is 1. The lowest BCUT2D eigenvalue weighted by Gasteiger charge is -2.41. The lowest BCUT2D eigenvalue weighted by Crippen LogP contribution is -2.58. The molecule has 6 heteroatoms. The number of rotatable bonds is 2. The third-order valence-electron chi connectivity index (χ3n) is 7.09. The van der Waals surface area contributed by atoms with Gasteiger partial charge in [-0.15, -0.1) is 0 Å². The quantitative estimate of drug-likeness (QED) is 0.753. The van der Waals surface area contributed by atoms with Crippen LogP contribution in [0.15, 0.2) is 24.3 Å². The predicted octanol–water partition coefficient (Wildman–Crippen LogP) is 3.00. The molecule has 3 aliphatic rings. The van der Waals surface area contributed by atoms with Crippen LogP contribution in [0.3, 0.4) is 0 Å². The highest BCUT2D eigenvalue weighted by atomic mass is 16.2. The predicted molar refractivity (Wildman–Crippen MR) is 111 cm³/mol. The average molecular weight is 398 g/mol. The number of urea groups is 1. The van der Waals surface area contributed by atoms with Crippen molar-refractivity contribution >= 4 is 17.8 Å². The lowest BCUT2D eigenvalue weighted by molar-refractivity contribution is -0.141. The van der Waals surface area contributed by atoms with Crippen LogP contribution < -0.4 is 10.6 Å². The Morgan fingerprint density at radius 3 is 2.03 bits per heavy atom. The summed E-state index contributed by atoms with van der Waals surface area (Å²) in [6, 6.07) is 8.17. The molecule has 1 saturated carbocycles. The summed E-state index contributed by atoms with van der Waals surface area (Å²) < 4.78 is 0. The molecule has 1 spiro atoms. The van der Waals surface area contributed by atoms with Gasteiger partial charge in [0, 0.05) is 13.1 Å². The number of nitrogens with one attached hydrogen (secondary N) is 2. The SMILES string of the molecule is CC(C)(C)c1ccc(C2(C(=O)N3CCC4(CC3)NC(=O)NC4=O)CCCC2)cc1. The Labute approximate surface area is 172 Å². The van der Waals surface area contributed by atoms with Crippen molar-refractivity contribution in [1.82, 2.24) is 15.5 Å². The molecule has 2 heterocycles. The molecular formula is C23H31N3O3. The van der Waals surface area contributed by atoms with Crippen molar-refractivity contribution in [3.05, 3.63) is 35.4 Å². The van der Waals surface area contributed by atoms with Gasteiger partial charge in [0.15, 0.2) is 0 Å². The van der Waals surface area contributed by atoms with Crippen molar-refractivity contribution in [3.63, 3.8) is 0 Å². The van der Waals surface area contributed by atoms with Crippen LogP contribution in [0.4, 0.5) is 4.79 Å². The number of carbonyl (C=O) groups is 3. The second-order valence-corrected chi connectivity index (χ2v) is 9.90. The average Bonchev–Trinajstić information content (AvgIpc) is 3.27. The monoisotopic (exact) mass is 397 g/mol. The number of hydrogen-bond donors (Lipinski definition) is 2. The molecule has 0 aromatic heterocycles. The summed E-state index contributed by atoms with van der Waals surface area (Å²) in [5, 5.41) is 5.11. The zero-order valence-corrected chi connectivity index (χ0v) is 17.6. The van der Waals surface area contributed by atoms with Crippen molar-refractivity contribution in [2.24, 2.45) is 0 Å². The van der Waals surface area contributed by atoms with E-state index < -0.39 is 17.0 Å². The zero-order chi connectivity index (χ0) is 20.9. The van der Waals surface area contributed by atoms with Gasteiger partial charge in [0.2, 0.25) is 5.91 Å². The smallest absolute Gasteiger partial charge is 0.322 e. The topological polar surface area (TPSA) is 78.5 Å². The number of nitrogens with zero attached hydrogens (tertiary/aromatic N) is 1. The van der Waals surface area contributed by atoms with Crippen LogP contribution in [0.25, 0.3) is 0 Å². The Bertz CT molecular complexity index is 824. The van der Waals surface area contributed by atoms with E-state index in [9.17, 15) is 14.4 Å². The first kappa shape index (κ1) is 19.9. The second kappa shape index (κ2) is 6.85. The van der Waals surface area contributed by atoms with E-state index >= 15 is 0 Å². The van der Waals surface area contributed by atoms with Crippen LogP contribution in [0.2, 0.25) is 0 Å². The Morgan fingerprint density at radius 1 is 0.966 bits per heavy atom. The Balaban J connectivity index is 1.54. The minimum Gasteiger partial charge on any atom is -0.342 e. The fourth-order valence-electron chi connectivity index (χ4n) is 5.17. The molecule has 6 nitrogen and oxygen atoms in total. The van der Waals surface area contributed by atoms with Crippen LogP contribution in [0.5, 0.6) is 0 Å². The Hall–Kier alpha value is -2.37. The Morgan fingerprint density at radius 2 is 1.55 bits per heavy atom. The van der Waals surface area contributed by atoms with Gasteiger partial charge in [0.1, 0.15) is 5.54 Å². The fourth-order valence-corrected chi connectivity index (χ4v) is 5.17. The molecule has 4 amide bonds. The first-order valence-electron chi connectivity index (χ1n) is 10.7. The van der Waals surface area contributed by atoms with E-state index in [4.69, 9.17) is 0 Å². The molecule has 29 heavy (non-hydrogen) atoms. The summed E-state index contributed by atoms with van der Waals surface area (Å²) in [6.07, 6.45) is 4.80. The second-order valence-electron chi connectivity index (χ2n) is 9.90. The number of carbonyl (C=O) groups excluding carboxylic acids is 3. The van der Waals surface area contributed by atoms with Crippen LogP contribution in [0, 0.1) is 0 Å². The molecule has 0 atom stereocenters. The molecule has 2 N–H and O–H groups in total. The summed E-state index contributed by atoms with van der Waals surface area (Å²) in [5.74, 6) is -0.0824. The summed E-state index contributed by atoms with van der Waals surface area (Å²) in [4.78, 5) is 39.4. The van der Waals surface area contributed by atoms with Crippen LogP contribution in [0.1, 0.15) is 70.4 Å². The van der Waals surface area contributed by atoms with Crippen molar-refractivity contribution in [2.45, 2.75) is 75.7 Å². The van der Waals surface area contributed by atoms with Crippen molar-refractivity contribution in [1.29, 1.82) is 0 Å². The first-order chi connectivity index (χ1) is 13.7. The maximum Gasteiger partial charge on any atom is 0.322 e. The molecule has 4 rings (SSSR count). The molecule has 2 aliphatic heterocycles. The van der Waals surface area contributed by atoms with Gasteiger partial charge < -0.3 is 10.2 Å². The summed E-state index contributed by atoms with van der Waals surface area (Å²) >= 11 is 0. The maximum absolute atomic E-state index is 13.7. The molecule has 1 aliphatic carbocycles. The van der Waals surface area contributed by atoms with Crippen molar-refractivity contribution in [3.8, 4) is 0 Å². The fraction of sp³-hybridized carbons (Fsp3) is 0.609. The highest BCUT2D eigenvalue weighted by Crippen LogP contribution is 2.44. The van der Waals surface area contributed by atoms with Gasteiger partial charge in [-0.3, -0.25) is 14.9 Å². The van der Waals surface area contributed by atoms with Crippen molar-refractivity contribution < 1.29 is 14.4 Å². The lowest BCUT2D eigenvalue weighted by atomic mass is 9.75. The molecule has 156 valence electrons. The number of amides is 4. The third-order valence-corrected chi connectivity index (χ3v) is 7.09. The molecular weight excluding hydrogens is 366 g/mol. The molecule has 3 fully saturated rings. The van der Waals surface area contributed by atoms with Crippen molar-refractivity contribution in [2.75, 3.05) is 13.1 Å². The number of piperidine rings is 1. The van der Waals surface area contributed by atoms with Gasteiger partial charge >= 0.3 is 6.03 Å². The molecule has 1 aromatic rings. The third kappa shape index (κ3) is 3.32. The van der Waals surface area contributed by atoms with E-state index in [0.29, 0.717) is 25.9 Å². The zero-order valence-electron chi connectivity index (χ0n) is 17.6. The largest absolute Gasteiger partial charge is 0.342 e. The normalized spacial score (nSPS) is 23.2. The first-order valence-corrected chi connectivity index (χ1v) is 10.7. The van der Waals surface area contributed by atoms with Gasteiger partial charge in [-0.05, 0) is 42.2 Å². The highest BCUT2D eigenvalue weighted by Gasteiger charge is 2.51. The number of hydrogen-bond acceptors (Lipinski definition) is 3. The molecule has 0 bridgehead atoms. The maximum atomic E-state index is 13.7. The standard InChI is InChI=1S/C23H31N3O3/c1-21(2,3)16-6-8-17(9-7-16)22(10-4-5-11-22)19(28)26-14-12-23(13-15-26)18(27)24-20(29)25-23/h6-9H,4-5,10-15H2,1-3H3,(H2,24,25,27,29). The molecule has 0 unspecified atom stereocenters. The van der Waals surface area contributed by atoms with E-state index in [-0.39, 0.29) is 17.2 Å². The van der Waals surface area contributed by atoms with E-state index in [0.717, 1.165) is 31.2 Å². The minimum atomic E-state index is -0.842. The summed E-state index contributed by atoms with van der Waals surface area (Å²) in [7, 11) is 0. The van der Waals surface area contributed by atoms with Crippen LogP contribution in [-0.2, 0) is 20.4 Å². The van der Waals surface area contributed by atoms with Gasteiger partial charge in [-0.25, -0.2) is 4.79 Å².